The monoisotopic (exact) mass is 384 g/mol. The van der Waals surface area contributed by atoms with Gasteiger partial charge in [0.15, 0.2) is 5.82 Å². The zero-order valence-corrected chi connectivity index (χ0v) is 14.6. The molecule has 3 heterocycles. The predicted molar refractivity (Wildman–Crippen MR) is 95.2 cm³/mol. The number of imidazole rings is 1. The highest BCUT2D eigenvalue weighted by atomic mass is 35.5. The second-order valence-electron chi connectivity index (χ2n) is 5.53. The van der Waals surface area contributed by atoms with E-state index < -0.39 is 0 Å². The number of carbonyl (C=O) groups excluding carboxylic acids is 1. The van der Waals surface area contributed by atoms with Crippen LogP contribution in [0.4, 0.5) is 5.69 Å². The lowest BCUT2D eigenvalue weighted by Gasteiger charge is -2.09. The first-order valence-corrected chi connectivity index (χ1v) is 8.33. The number of hydrogen-bond donors (Lipinski definition) is 2. The maximum Gasteiger partial charge on any atom is 0.239 e. The van der Waals surface area contributed by atoms with Gasteiger partial charge in [0.25, 0.3) is 0 Å². The first kappa shape index (κ1) is 16.9. The van der Waals surface area contributed by atoms with Crippen LogP contribution in [0.1, 0.15) is 12.3 Å². The van der Waals surface area contributed by atoms with Crippen molar-refractivity contribution >= 4 is 23.2 Å². The van der Waals surface area contributed by atoms with E-state index in [0.717, 1.165) is 5.69 Å². The Bertz CT molecular complexity index is 1040. The summed E-state index contributed by atoms with van der Waals surface area (Å²) in [6, 6.07) is 5.26. The third kappa shape index (κ3) is 3.85. The summed E-state index contributed by atoms with van der Waals surface area (Å²) in [6.07, 6.45) is 6.93. The quantitative estimate of drug-likeness (QED) is 0.521. The summed E-state index contributed by atoms with van der Waals surface area (Å²) >= 11 is 6.28. The fraction of sp³-hybridized carbons (Fsp3) is 0.125. The highest BCUT2D eigenvalue weighted by Crippen LogP contribution is 2.24. The van der Waals surface area contributed by atoms with Crippen molar-refractivity contribution in [3.05, 3.63) is 54.2 Å². The summed E-state index contributed by atoms with van der Waals surface area (Å²) in [5.74, 6) is 0.845. The molecule has 0 bridgehead atoms. The Kier molecular flexibility index (Phi) is 4.62. The summed E-state index contributed by atoms with van der Waals surface area (Å²) in [5.41, 5.74) is 1.37. The second kappa shape index (κ2) is 7.38. The molecule has 10 nitrogen and oxygen atoms in total. The van der Waals surface area contributed by atoms with Crippen LogP contribution in [0.5, 0.6) is 0 Å². The number of aromatic amines is 1. The summed E-state index contributed by atoms with van der Waals surface area (Å²) in [5, 5.41) is 13.4. The molecule has 2 N–H and O–H groups in total. The molecule has 0 aliphatic heterocycles. The van der Waals surface area contributed by atoms with Crippen molar-refractivity contribution in [3.8, 4) is 17.3 Å². The molecule has 4 aromatic rings. The lowest BCUT2D eigenvalue weighted by Crippen LogP contribution is -2.12. The van der Waals surface area contributed by atoms with Crippen molar-refractivity contribution in [2.45, 2.75) is 12.8 Å². The van der Waals surface area contributed by atoms with Gasteiger partial charge in [0.1, 0.15) is 6.33 Å². The third-order valence-electron chi connectivity index (χ3n) is 3.67. The lowest BCUT2D eigenvalue weighted by atomic mass is 10.2. The van der Waals surface area contributed by atoms with Gasteiger partial charge in [0, 0.05) is 30.9 Å². The molecule has 4 rings (SSSR count). The fourth-order valence-electron chi connectivity index (χ4n) is 2.41. The first-order chi connectivity index (χ1) is 13.2. The molecule has 1 amide bonds. The number of aryl methyl sites for hydroxylation is 1. The number of anilines is 1. The summed E-state index contributed by atoms with van der Waals surface area (Å²) < 4.78 is 6.89. The van der Waals surface area contributed by atoms with Gasteiger partial charge in [0.2, 0.25) is 17.6 Å². The largest absolute Gasteiger partial charge is 0.339 e. The fourth-order valence-corrected chi connectivity index (χ4v) is 2.68. The molecular weight excluding hydrogens is 372 g/mol. The predicted octanol–water partition coefficient (Wildman–Crippen LogP) is 2.27. The van der Waals surface area contributed by atoms with Crippen LogP contribution in [-0.2, 0) is 11.2 Å². The van der Waals surface area contributed by atoms with Crippen LogP contribution < -0.4 is 5.32 Å². The average Bonchev–Trinajstić information content (AvgIpc) is 3.41. The van der Waals surface area contributed by atoms with E-state index in [1.54, 1.807) is 41.5 Å². The van der Waals surface area contributed by atoms with Crippen molar-refractivity contribution in [3.63, 3.8) is 0 Å². The Balaban J connectivity index is 1.35. The second-order valence-corrected chi connectivity index (χ2v) is 5.94. The molecule has 3 aromatic heterocycles. The van der Waals surface area contributed by atoms with Gasteiger partial charge in [-0.3, -0.25) is 9.89 Å². The minimum atomic E-state index is -0.194. The number of amides is 1. The zero-order valence-electron chi connectivity index (χ0n) is 13.8. The summed E-state index contributed by atoms with van der Waals surface area (Å²) in [4.78, 5) is 24.2. The third-order valence-corrected chi connectivity index (χ3v) is 3.98. The standard InChI is InChI=1S/C16H13ClN8O2/c17-11-7-10(1-2-12(11)25-6-5-18-9-25)21-13(26)3-4-14-22-16(24-27-14)15-19-8-20-23-15/h1-2,5-9H,3-4H2,(H,21,26)(H,19,20,23). The molecule has 0 spiro atoms. The first-order valence-electron chi connectivity index (χ1n) is 7.95. The maximum atomic E-state index is 12.2. The van der Waals surface area contributed by atoms with Crippen molar-refractivity contribution in [1.82, 2.24) is 34.9 Å². The van der Waals surface area contributed by atoms with E-state index in [2.05, 4.69) is 35.6 Å². The molecule has 0 radical (unpaired) electrons. The molecule has 0 saturated heterocycles. The van der Waals surface area contributed by atoms with E-state index in [4.69, 9.17) is 16.1 Å². The van der Waals surface area contributed by atoms with E-state index in [0.29, 0.717) is 34.7 Å². The Hall–Kier alpha value is -3.53. The highest BCUT2D eigenvalue weighted by molar-refractivity contribution is 6.32. The number of nitrogens with zero attached hydrogens (tertiary/aromatic N) is 6. The molecule has 27 heavy (non-hydrogen) atoms. The van der Waals surface area contributed by atoms with Gasteiger partial charge < -0.3 is 14.4 Å². The Morgan fingerprint density at radius 3 is 3.04 bits per heavy atom. The number of halogens is 1. The minimum Gasteiger partial charge on any atom is -0.339 e. The van der Waals surface area contributed by atoms with E-state index in [1.807, 2.05) is 0 Å². The molecular formula is C16H13ClN8O2. The number of benzene rings is 1. The van der Waals surface area contributed by atoms with Gasteiger partial charge in [-0.1, -0.05) is 16.8 Å². The molecule has 0 aliphatic rings. The van der Waals surface area contributed by atoms with Crippen LogP contribution in [0.25, 0.3) is 17.3 Å². The number of carbonyl (C=O) groups is 1. The van der Waals surface area contributed by atoms with Crippen LogP contribution in [0.3, 0.4) is 0 Å². The van der Waals surface area contributed by atoms with Crippen LogP contribution in [0.15, 0.2) is 47.8 Å². The molecule has 0 aliphatic carbocycles. The molecule has 136 valence electrons. The van der Waals surface area contributed by atoms with Crippen LogP contribution >= 0.6 is 11.6 Å². The molecule has 0 unspecified atom stereocenters. The number of aromatic nitrogens is 7. The molecule has 11 heteroatoms. The maximum absolute atomic E-state index is 12.2. The van der Waals surface area contributed by atoms with Gasteiger partial charge in [-0.25, -0.2) is 9.97 Å². The van der Waals surface area contributed by atoms with E-state index in [9.17, 15) is 4.79 Å². The van der Waals surface area contributed by atoms with E-state index >= 15 is 0 Å². The summed E-state index contributed by atoms with van der Waals surface area (Å²) in [7, 11) is 0. The topological polar surface area (TPSA) is 127 Å². The van der Waals surface area contributed by atoms with Gasteiger partial charge in [-0.15, -0.1) is 0 Å². The van der Waals surface area contributed by atoms with Crippen LogP contribution in [-0.4, -0.2) is 40.8 Å². The zero-order chi connectivity index (χ0) is 18.6. The van der Waals surface area contributed by atoms with Crippen molar-refractivity contribution in [2.75, 3.05) is 5.32 Å². The molecule has 0 atom stereocenters. The Morgan fingerprint density at radius 2 is 2.30 bits per heavy atom. The van der Waals surface area contributed by atoms with Crippen molar-refractivity contribution in [2.24, 2.45) is 0 Å². The molecule has 0 saturated carbocycles. The van der Waals surface area contributed by atoms with Crippen molar-refractivity contribution in [1.29, 1.82) is 0 Å². The van der Waals surface area contributed by atoms with Gasteiger partial charge in [-0.2, -0.15) is 10.1 Å². The number of rotatable bonds is 6. The van der Waals surface area contributed by atoms with Gasteiger partial charge >= 0.3 is 0 Å². The van der Waals surface area contributed by atoms with E-state index in [-0.39, 0.29) is 12.3 Å². The number of hydrogen-bond acceptors (Lipinski definition) is 7. The normalized spacial score (nSPS) is 10.9. The molecule has 0 fully saturated rings. The van der Waals surface area contributed by atoms with E-state index in [1.165, 1.54) is 6.33 Å². The Labute approximate surface area is 157 Å². The summed E-state index contributed by atoms with van der Waals surface area (Å²) in [6.45, 7) is 0. The lowest BCUT2D eigenvalue weighted by molar-refractivity contribution is -0.116. The van der Waals surface area contributed by atoms with Crippen LogP contribution in [0, 0.1) is 0 Å². The number of H-pyrrole nitrogens is 1. The van der Waals surface area contributed by atoms with Gasteiger partial charge in [-0.05, 0) is 18.2 Å². The number of nitrogens with one attached hydrogen (secondary N) is 2. The van der Waals surface area contributed by atoms with Crippen LogP contribution in [0.2, 0.25) is 5.02 Å². The average molecular weight is 385 g/mol. The SMILES string of the molecule is O=C(CCc1nc(-c2ncn[nH]2)no1)Nc1ccc(-n2ccnc2)c(Cl)c1. The Morgan fingerprint density at radius 1 is 1.37 bits per heavy atom. The molecule has 1 aromatic carbocycles. The van der Waals surface area contributed by atoms with Gasteiger partial charge in [0.05, 0.1) is 17.0 Å². The van der Waals surface area contributed by atoms with Crippen molar-refractivity contribution < 1.29 is 9.32 Å². The highest BCUT2D eigenvalue weighted by Gasteiger charge is 2.13. The minimum absolute atomic E-state index is 0.179. The smallest absolute Gasteiger partial charge is 0.239 e.